The first-order valence-electron chi connectivity index (χ1n) is 13.4. The van der Waals surface area contributed by atoms with Gasteiger partial charge in [-0.3, -0.25) is 14.7 Å². The molecule has 2 bridgehead atoms. The lowest BCUT2D eigenvalue weighted by molar-refractivity contribution is -0.125. The number of aromatic nitrogens is 4. The SMILES string of the molecule is Cc1nnc(C(C)C)n1C1C[C@@H]2CC[C@@H](C1)N2CC[C@H](NC(=O)C1CCCC1)c1cccnc1. The van der Waals surface area contributed by atoms with Gasteiger partial charge in [0, 0.05) is 48.9 Å². The Morgan fingerprint density at radius 2 is 1.82 bits per heavy atom. The van der Waals surface area contributed by atoms with Crippen molar-refractivity contribution in [2.45, 2.75) is 109 Å². The lowest BCUT2D eigenvalue weighted by Gasteiger charge is -2.40. The number of hydrogen-bond donors (Lipinski definition) is 1. The average Bonchev–Trinajstić information content (AvgIpc) is 3.56. The Labute approximate surface area is 203 Å². The van der Waals surface area contributed by atoms with Gasteiger partial charge in [-0.05, 0) is 63.5 Å². The zero-order valence-electron chi connectivity index (χ0n) is 21.0. The Morgan fingerprint density at radius 3 is 2.47 bits per heavy atom. The van der Waals surface area contributed by atoms with E-state index < -0.39 is 0 Å². The normalized spacial score (nSPS) is 26.3. The fraction of sp³-hybridized carbons (Fsp3) is 0.704. The minimum absolute atomic E-state index is 0.0339. The summed E-state index contributed by atoms with van der Waals surface area (Å²) >= 11 is 0. The van der Waals surface area contributed by atoms with Gasteiger partial charge in [-0.15, -0.1) is 10.2 Å². The lowest BCUT2D eigenvalue weighted by Crippen LogP contribution is -2.45. The fourth-order valence-electron chi connectivity index (χ4n) is 6.71. The molecule has 2 aromatic heterocycles. The Hall–Kier alpha value is -2.28. The van der Waals surface area contributed by atoms with Crippen molar-refractivity contribution < 1.29 is 4.79 Å². The maximum Gasteiger partial charge on any atom is 0.223 e. The molecule has 5 rings (SSSR count). The summed E-state index contributed by atoms with van der Waals surface area (Å²) in [5.74, 6) is 2.99. The van der Waals surface area contributed by atoms with Crippen LogP contribution in [0.25, 0.3) is 0 Å². The number of hydrogen-bond acceptors (Lipinski definition) is 5. The molecule has 7 nitrogen and oxygen atoms in total. The lowest BCUT2D eigenvalue weighted by atomic mass is 9.95. The van der Waals surface area contributed by atoms with Gasteiger partial charge in [-0.25, -0.2) is 0 Å². The number of aryl methyl sites for hydroxylation is 1. The Balaban J connectivity index is 1.26. The van der Waals surface area contributed by atoms with E-state index >= 15 is 0 Å². The van der Waals surface area contributed by atoms with Gasteiger partial charge < -0.3 is 9.88 Å². The van der Waals surface area contributed by atoms with Crippen molar-refractivity contribution >= 4 is 5.91 Å². The minimum atomic E-state index is 0.0339. The predicted molar refractivity (Wildman–Crippen MR) is 132 cm³/mol. The highest BCUT2D eigenvalue weighted by Crippen LogP contribution is 2.42. The number of piperidine rings is 1. The van der Waals surface area contributed by atoms with Crippen LogP contribution in [0.1, 0.15) is 107 Å². The van der Waals surface area contributed by atoms with Crippen molar-refractivity contribution in [3.05, 3.63) is 41.7 Å². The highest BCUT2D eigenvalue weighted by atomic mass is 16.1. The van der Waals surface area contributed by atoms with E-state index in [2.05, 4.69) is 56.8 Å². The molecule has 3 aliphatic rings. The Kier molecular flexibility index (Phi) is 7.00. The van der Waals surface area contributed by atoms with Crippen LogP contribution in [0.2, 0.25) is 0 Å². The van der Waals surface area contributed by atoms with E-state index in [1.54, 1.807) is 0 Å². The summed E-state index contributed by atoms with van der Waals surface area (Å²) in [4.78, 5) is 20.0. The number of nitrogens with zero attached hydrogens (tertiary/aromatic N) is 5. The van der Waals surface area contributed by atoms with Gasteiger partial charge >= 0.3 is 0 Å². The van der Waals surface area contributed by atoms with Gasteiger partial charge in [-0.2, -0.15) is 0 Å². The number of fused-ring (bicyclic) bond motifs is 2. The van der Waals surface area contributed by atoms with Crippen LogP contribution in [0.3, 0.4) is 0 Å². The van der Waals surface area contributed by atoms with E-state index in [-0.39, 0.29) is 17.9 Å². The maximum atomic E-state index is 13.0. The number of pyridine rings is 1. The van der Waals surface area contributed by atoms with Crippen molar-refractivity contribution in [3.63, 3.8) is 0 Å². The first-order chi connectivity index (χ1) is 16.5. The van der Waals surface area contributed by atoms with E-state index in [4.69, 9.17) is 0 Å². The quantitative estimate of drug-likeness (QED) is 0.612. The Bertz CT molecular complexity index is 953. The summed E-state index contributed by atoms with van der Waals surface area (Å²) in [5.41, 5.74) is 1.12. The molecule has 0 radical (unpaired) electrons. The number of rotatable bonds is 8. The number of carbonyl (C=O) groups is 1. The summed E-state index contributed by atoms with van der Waals surface area (Å²) in [6.45, 7) is 7.54. The molecule has 0 unspecified atom stereocenters. The van der Waals surface area contributed by atoms with Gasteiger partial charge in [0.05, 0.1) is 6.04 Å². The summed E-state index contributed by atoms with van der Waals surface area (Å²) in [5, 5.41) is 12.3. The highest BCUT2D eigenvalue weighted by molar-refractivity contribution is 5.79. The standard InChI is InChI=1S/C27H40N6O/c1-18(2)26-31-30-19(3)33(26)24-15-22-10-11-23(16-24)32(22)14-12-25(21-9-6-13-28-17-21)29-27(34)20-7-4-5-8-20/h6,9,13,17-18,20,22-25H,4-5,7-8,10-12,14-16H2,1-3H3,(H,29,34)/t22-,23-,25-/m0/s1. The summed E-state index contributed by atoms with van der Waals surface area (Å²) in [6, 6.07) is 5.82. The molecule has 0 aromatic carbocycles. The molecule has 0 spiro atoms. The van der Waals surface area contributed by atoms with Crippen LogP contribution in [0, 0.1) is 12.8 Å². The van der Waals surface area contributed by atoms with Crippen molar-refractivity contribution in [1.82, 2.24) is 30.0 Å². The molecular weight excluding hydrogens is 424 g/mol. The maximum absolute atomic E-state index is 13.0. The van der Waals surface area contributed by atoms with Crippen LogP contribution in [0.15, 0.2) is 24.5 Å². The van der Waals surface area contributed by atoms with Crippen LogP contribution in [0.4, 0.5) is 0 Å². The second kappa shape index (κ2) is 10.1. The molecule has 1 amide bonds. The monoisotopic (exact) mass is 464 g/mol. The molecule has 7 heteroatoms. The molecule has 3 atom stereocenters. The molecule has 184 valence electrons. The third kappa shape index (κ3) is 4.77. The zero-order chi connectivity index (χ0) is 23.7. The van der Waals surface area contributed by atoms with E-state index in [9.17, 15) is 4.79 Å². The van der Waals surface area contributed by atoms with Crippen molar-refractivity contribution in [2.75, 3.05) is 6.54 Å². The van der Waals surface area contributed by atoms with Crippen molar-refractivity contribution in [2.24, 2.45) is 5.92 Å². The fourth-order valence-corrected chi connectivity index (χ4v) is 6.71. The van der Waals surface area contributed by atoms with Gasteiger partial charge in [0.1, 0.15) is 11.6 Å². The molecule has 34 heavy (non-hydrogen) atoms. The minimum Gasteiger partial charge on any atom is -0.349 e. The third-order valence-electron chi connectivity index (χ3n) is 8.44. The number of carbonyl (C=O) groups excluding carboxylic acids is 1. The van der Waals surface area contributed by atoms with Gasteiger partial charge in [0.15, 0.2) is 0 Å². The number of nitrogens with one attached hydrogen (secondary N) is 1. The summed E-state index contributed by atoms with van der Waals surface area (Å²) in [7, 11) is 0. The van der Waals surface area contributed by atoms with E-state index in [1.165, 1.54) is 38.5 Å². The van der Waals surface area contributed by atoms with Crippen LogP contribution in [0.5, 0.6) is 0 Å². The van der Waals surface area contributed by atoms with Crippen LogP contribution >= 0.6 is 0 Å². The van der Waals surface area contributed by atoms with Gasteiger partial charge in [0.2, 0.25) is 5.91 Å². The van der Waals surface area contributed by atoms with E-state index in [1.807, 2.05) is 18.5 Å². The predicted octanol–water partition coefficient (Wildman–Crippen LogP) is 4.71. The van der Waals surface area contributed by atoms with E-state index in [0.717, 1.165) is 43.0 Å². The van der Waals surface area contributed by atoms with E-state index in [0.29, 0.717) is 24.0 Å². The van der Waals surface area contributed by atoms with Gasteiger partial charge in [0.25, 0.3) is 0 Å². The largest absolute Gasteiger partial charge is 0.349 e. The summed E-state index contributed by atoms with van der Waals surface area (Å²) < 4.78 is 2.42. The zero-order valence-corrected chi connectivity index (χ0v) is 21.0. The molecule has 1 N–H and O–H groups in total. The molecule has 2 saturated heterocycles. The van der Waals surface area contributed by atoms with Crippen LogP contribution in [-0.2, 0) is 4.79 Å². The second-order valence-electron chi connectivity index (χ2n) is 11.0. The van der Waals surface area contributed by atoms with Crippen molar-refractivity contribution in [1.29, 1.82) is 0 Å². The first kappa shape index (κ1) is 23.5. The molecule has 1 aliphatic carbocycles. The van der Waals surface area contributed by atoms with Crippen molar-refractivity contribution in [3.8, 4) is 0 Å². The topological polar surface area (TPSA) is 75.9 Å². The second-order valence-corrected chi connectivity index (χ2v) is 11.0. The first-order valence-corrected chi connectivity index (χ1v) is 13.4. The number of amides is 1. The molecule has 4 heterocycles. The highest BCUT2D eigenvalue weighted by Gasteiger charge is 2.42. The molecule has 2 aliphatic heterocycles. The third-order valence-corrected chi connectivity index (χ3v) is 8.44. The smallest absolute Gasteiger partial charge is 0.223 e. The molecule has 1 saturated carbocycles. The molecular formula is C27H40N6O. The molecule has 3 fully saturated rings. The summed E-state index contributed by atoms with van der Waals surface area (Å²) in [6.07, 6.45) is 14.0. The van der Waals surface area contributed by atoms with Crippen LogP contribution < -0.4 is 5.32 Å². The average molecular weight is 465 g/mol. The van der Waals surface area contributed by atoms with Gasteiger partial charge in [-0.1, -0.05) is 32.8 Å². The Morgan fingerprint density at radius 1 is 1.09 bits per heavy atom. The molecule has 2 aromatic rings. The van der Waals surface area contributed by atoms with Crippen LogP contribution in [-0.4, -0.2) is 49.2 Å².